The number of carboxylic acids is 1. The molecule has 3 rings (SSSR count). The van der Waals surface area contributed by atoms with Crippen LogP contribution < -0.4 is 0 Å². The fourth-order valence-corrected chi connectivity index (χ4v) is 4.12. The highest BCUT2D eigenvalue weighted by atomic mass is 16.4. The molecule has 0 aromatic heterocycles. The van der Waals surface area contributed by atoms with Crippen LogP contribution in [0.5, 0.6) is 0 Å². The van der Waals surface area contributed by atoms with Gasteiger partial charge in [0.2, 0.25) is 0 Å². The molecule has 0 spiro atoms. The summed E-state index contributed by atoms with van der Waals surface area (Å²) in [6.45, 7) is 3.65. The van der Waals surface area contributed by atoms with Crippen molar-refractivity contribution in [1.82, 2.24) is 14.7 Å². The highest BCUT2D eigenvalue weighted by Crippen LogP contribution is 2.24. The number of hydrogen-bond acceptors (Lipinski definition) is 4. The van der Waals surface area contributed by atoms with Crippen LogP contribution in [0.4, 0.5) is 0 Å². The summed E-state index contributed by atoms with van der Waals surface area (Å²) in [4.78, 5) is 30.5. The first kappa shape index (κ1) is 19.8. The Bertz CT molecular complexity index is 651. The van der Waals surface area contributed by atoms with E-state index in [1.807, 2.05) is 43.3 Å². The van der Waals surface area contributed by atoms with Crippen molar-refractivity contribution in [2.75, 3.05) is 33.7 Å². The van der Waals surface area contributed by atoms with Gasteiger partial charge in [0.1, 0.15) is 6.04 Å². The lowest BCUT2D eigenvalue weighted by molar-refractivity contribution is -0.141. The van der Waals surface area contributed by atoms with Gasteiger partial charge < -0.3 is 14.9 Å². The fraction of sp³-hybridized carbons (Fsp3) is 0.619. The molecule has 0 radical (unpaired) electrons. The van der Waals surface area contributed by atoms with E-state index in [1.165, 1.54) is 36.1 Å². The molecule has 27 heavy (non-hydrogen) atoms. The Morgan fingerprint density at radius 3 is 2.26 bits per heavy atom. The van der Waals surface area contributed by atoms with Crippen LogP contribution in [-0.2, 0) is 11.3 Å². The normalized spacial score (nSPS) is 24.2. The quantitative estimate of drug-likeness (QED) is 0.858. The minimum absolute atomic E-state index is 0.0809. The van der Waals surface area contributed by atoms with Crippen molar-refractivity contribution in [3.63, 3.8) is 0 Å². The average molecular weight is 373 g/mol. The Balaban J connectivity index is 1.66. The van der Waals surface area contributed by atoms with Gasteiger partial charge in [-0.15, -0.1) is 0 Å². The molecule has 0 aliphatic carbocycles. The Labute approximate surface area is 161 Å². The van der Waals surface area contributed by atoms with Gasteiger partial charge in [-0.05, 0) is 64.1 Å². The van der Waals surface area contributed by atoms with Crippen LogP contribution in [0.15, 0.2) is 24.3 Å². The lowest BCUT2D eigenvalue weighted by Crippen LogP contribution is -2.41. The molecule has 0 bridgehead atoms. The lowest BCUT2D eigenvalue weighted by Gasteiger charge is -2.23. The largest absolute Gasteiger partial charge is 0.480 e. The number of carbonyl (C=O) groups is 2. The third-order valence-corrected chi connectivity index (χ3v) is 5.86. The van der Waals surface area contributed by atoms with Gasteiger partial charge in [-0.3, -0.25) is 9.69 Å². The number of likely N-dealkylation sites (N-methyl/N-ethyl adjacent to an activating group) is 1. The van der Waals surface area contributed by atoms with Crippen molar-refractivity contribution < 1.29 is 14.7 Å². The highest BCUT2D eigenvalue weighted by Gasteiger charge is 2.40. The molecule has 1 N–H and O–H groups in total. The zero-order chi connectivity index (χ0) is 19.4. The summed E-state index contributed by atoms with van der Waals surface area (Å²) in [5.74, 6) is -1.11. The second kappa shape index (κ2) is 8.85. The molecular weight excluding hydrogens is 342 g/mol. The summed E-state index contributed by atoms with van der Waals surface area (Å²) in [7, 11) is 3.85. The number of carboxylic acid groups (broad SMARTS) is 1. The van der Waals surface area contributed by atoms with Gasteiger partial charge in [-0.25, -0.2) is 4.79 Å². The van der Waals surface area contributed by atoms with E-state index in [1.54, 1.807) is 0 Å². The van der Waals surface area contributed by atoms with E-state index < -0.39 is 12.0 Å². The molecule has 148 valence electrons. The summed E-state index contributed by atoms with van der Waals surface area (Å²) in [5, 5.41) is 9.51. The molecule has 1 aromatic carbocycles. The molecule has 2 fully saturated rings. The number of benzene rings is 1. The van der Waals surface area contributed by atoms with Gasteiger partial charge in [0.15, 0.2) is 0 Å². The van der Waals surface area contributed by atoms with Gasteiger partial charge in [0.25, 0.3) is 5.91 Å². The number of hydrogen-bond donors (Lipinski definition) is 1. The molecule has 2 aliphatic heterocycles. The zero-order valence-corrected chi connectivity index (χ0v) is 16.4. The maximum Gasteiger partial charge on any atom is 0.326 e. The molecule has 2 aliphatic rings. The monoisotopic (exact) mass is 373 g/mol. The first-order valence-corrected chi connectivity index (χ1v) is 9.97. The second-order valence-electron chi connectivity index (χ2n) is 8.05. The van der Waals surface area contributed by atoms with Crippen LogP contribution >= 0.6 is 0 Å². The maximum atomic E-state index is 12.9. The fourth-order valence-electron chi connectivity index (χ4n) is 4.12. The number of likely N-dealkylation sites (tertiary alicyclic amines) is 2. The number of aliphatic carboxylic acids is 1. The van der Waals surface area contributed by atoms with E-state index in [4.69, 9.17) is 0 Å². The van der Waals surface area contributed by atoms with Crippen LogP contribution in [0.1, 0.15) is 48.0 Å². The third-order valence-electron chi connectivity index (χ3n) is 5.86. The standard InChI is InChI=1S/C21H31N3O3/c1-22(2)18-13-19(21(26)27)24(15-18)20(25)17-9-7-16(8-10-17)14-23-11-5-3-4-6-12-23/h7-10,18-19H,3-6,11-15H2,1-2H3,(H,26,27)/t18-,19+/m1/s1. The van der Waals surface area contributed by atoms with Crippen LogP contribution in [-0.4, -0.2) is 77.5 Å². The molecule has 6 heteroatoms. The SMILES string of the molecule is CN(C)[C@@H]1C[C@@H](C(=O)O)N(C(=O)c2ccc(CN3CCCCCC3)cc2)C1. The molecule has 2 atom stereocenters. The predicted octanol–water partition coefficient (Wildman–Crippen LogP) is 2.29. The summed E-state index contributed by atoms with van der Waals surface area (Å²) in [6.07, 6.45) is 5.63. The van der Waals surface area contributed by atoms with E-state index in [2.05, 4.69) is 4.90 Å². The van der Waals surface area contributed by atoms with E-state index in [9.17, 15) is 14.7 Å². The van der Waals surface area contributed by atoms with Gasteiger partial charge in [0, 0.05) is 24.7 Å². The second-order valence-corrected chi connectivity index (χ2v) is 8.05. The lowest BCUT2D eigenvalue weighted by atomic mass is 10.1. The van der Waals surface area contributed by atoms with E-state index in [0.717, 1.165) is 19.6 Å². The Hall–Kier alpha value is -1.92. The third kappa shape index (κ3) is 4.87. The van der Waals surface area contributed by atoms with Crippen LogP contribution in [0.25, 0.3) is 0 Å². The molecular formula is C21H31N3O3. The molecule has 0 unspecified atom stereocenters. The minimum atomic E-state index is -0.925. The Morgan fingerprint density at radius 2 is 1.70 bits per heavy atom. The van der Waals surface area contributed by atoms with Gasteiger partial charge in [-0.2, -0.15) is 0 Å². The van der Waals surface area contributed by atoms with E-state index in [-0.39, 0.29) is 11.9 Å². The average Bonchev–Trinajstić information content (AvgIpc) is 2.95. The maximum absolute atomic E-state index is 12.9. The molecule has 1 amide bonds. The van der Waals surface area contributed by atoms with Crippen molar-refractivity contribution >= 4 is 11.9 Å². The highest BCUT2D eigenvalue weighted by molar-refractivity contribution is 5.97. The van der Waals surface area contributed by atoms with Crippen LogP contribution in [0.3, 0.4) is 0 Å². The summed E-state index contributed by atoms with van der Waals surface area (Å²) in [5.41, 5.74) is 1.77. The van der Waals surface area contributed by atoms with Crippen molar-refractivity contribution in [2.24, 2.45) is 0 Å². The minimum Gasteiger partial charge on any atom is -0.480 e. The van der Waals surface area contributed by atoms with Crippen LogP contribution in [0.2, 0.25) is 0 Å². The van der Waals surface area contributed by atoms with Crippen molar-refractivity contribution in [2.45, 2.75) is 50.7 Å². The smallest absolute Gasteiger partial charge is 0.326 e. The topological polar surface area (TPSA) is 64.1 Å². The first-order valence-electron chi connectivity index (χ1n) is 9.97. The predicted molar refractivity (Wildman–Crippen MR) is 105 cm³/mol. The van der Waals surface area contributed by atoms with Crippen molar-refractivity contribution in [1.29, 1.82) is 0 Å². The van der Waals surface area contributed by atoms with Crippen molar-refractivity contribution in [3.8, 4) is 0 Å². The van der Waals surface area contributed by atoms with E-state index >= 15 is 0 Å². The molecule has 0 saturated carbocycles. The number of amides is 1. The van der Waals surface area contributed by atoms with E-state index in [0.29, 0.717) is 18.5 Å². The summed E-state index contributed by atoms with van der Waals surface area (Å²) < 4.78 is 0. The van der Waals surface area contributed by atoms with Gasteiger partial charge >= 0.3 is 5.97 Å². The molecule has 1 aromatic rings. The van der Waals surface area contributed by atoms with Gasteiger partial charge in [-0.1, -0.05) is 25.0 Å². The zero-order valence-electron chi connectivity index (χ0n) is 16.4. The van der Waals surface area contributed by atoms with Crippen molar-refractivity contribution in [3.05, 3.63) is 35.4 Å². The van der Waals surface area contributed by atoms with Gasteiger partial charge in [0.05, 0.1) is 0 Å². The Morgan fingerprint density at radius 1 is 1.07 bits per heavy atom. The summed E-state index contributed by atoms with van der Waals surface area (Å²) >= 11 is 0. The molecule has 2 heterocycles. The molecule has 2 saturated heterocycles. The first-order chi connectivity index (χ1) is 13.0. The number of nitrogens with zero attached hydrogens (tertiary/aromatic N) is 3. The number of rotatable bonds is 5. The summed E-state index contributed by atoms with van der Waals surface area (Å²) in [6, 6.07) is 7.04. The van der Waals surface area contributed by atoms with Crippen LogP contribution in [0, 0.1) is 0 Å². The number of carbonyl (C=O) groups excluding carboxylic acids is 1. The Kier molecular flexibility index (Phi) is 6.50. The molecule has 6 nitrogen and oxygen atoms in total.